The van der Waals surface area contributed by atoms with Gasteiger partial charge in [0.1, 0.15) is 18.2 Å². The zero-order valence-corrected chi connectivity index (χ0v) is 19.0. The summed E-state index contributed by atoms with van der Waals surface area (Å²) in [5.74, 6) is -1.31. The maximum absolute atomic E-state index is 13.2. The van der Waals surface area contributed by atoms with Crippen molar-refractivity contribution in [3.63, 3.8) is 0 Å². The predicted octanol–water partition coefficient (Wildman–Crippen LogP) is 1.59. The molecule has 2 unspecified atom stereocenters. The van der Waals surface area contributed by atoms with Crippen molar-refractivity contribution in [2.45, 2.75) is 51.9 Å². The molecule has 0 saturated carbocycles. The lowest BCUT2D eigenvalue weighted by atomic mass is 10.2. The number of carbonyl (C=O) groups excluding carboxylic acids is 3. The molecule has 0 aromatic heterocycles. The molecule has 30 heavy (non-hydrogen) atoms. The zero-order valence-electron chi connectivity index (χ0n) is 18.1. The Balaban J connectivity index is 2.92. The molecule has 2 amide bonds. The van der Waals surface area contributed by atoms with Crippen molar-refractivity contribution in [3.05, 3.63) is 12.7 Å². The Morgan fingerprint density at radius 1 is 1.33 bits per heavy atom. The van der Waals surface area contributed by atoms with Gasteiger partial charge in [-0.15, -0.1) is 0 Å². The summed E-state index contributed by atoms with van der Waals surface area (Å²) in [6.45, 7) is 11.7. The smallest absolute Gasteiger partial charge is 0.408 e. The summed E-state index contributed by atoms with van der Waals surface area (Å²) in [7, 11) is -3.89. The van der Waals surface area contributed by atoms with E-state index in [1.807, 2.05) is 0 Å². The Kier molecular flexibility index (Phi) is 9.96. The van der Waals surface area contributed by atoms with E-state index in [0.717, 1.165) is 0 Å². The number of carbonyl (C=O) groups is 3. The number of rotatable bonds is 11. The van der Waals surface area contributed by atoms with Crippen molar-refractivity contribution in [1.29, 1.82) is 0 Å². The quantitative estimate of drug-likeness (QED) is 0.274. The summed E-state index contributed by atoms with van der Waals surface area (Å²) in [4.78, 5) is 36.7. The second kappa shape index (κ2) is 11.5. The van der Waals surface area contributed by atoms with Crippen LogP contribution in [0.5, 0.6) is 0 Å². The van der Waals surface area contributed by atoms with Crippen LogP contribution in [0.15, 0.2) is 12.7 Å². The number of nitrogens with one attached hydrogen (secondary N) is 2. The minimum atomic E-state index is -3.89. The number of ether oxygens (including phenoxy) is 2. The molecule has 0 aromatic rings. The van der Waals surface area contributed by atoms with Crippen LogP contribution in [0.25, 0.3) is 0 Å². The SMILES string of the molecule is C=CCOC(=O)C(CN1CC(NC(=O)OC(C)(C)C)C(=O)N1)P(=O)(OCC)OCC. The number of alkyl carbamates (subject to hydrolysis) is 1. The Morgan fingerprint density at radius 3 is 2.43 bits per heavy atom. The molecule has 2 atom stereocenters. The average Bonchev–Trinajstić information content (AvgIpc) is 2.95. The molecule has 1 saturated heterocycles. The van der Waals surface area contributed by atoms with Crippen molar-refractivity contribution in [3.8, 4) is 0 Å². The maximum Gasteiger partial charge on any atom is 0.408 e. The van der Waals surface area contributed by atoms with Gasteiger partial charge in [-0.05, 0) is 34.6 Å². The molecule has 2 N–H and O–H groups in total. The highest BCUT2D eigenvalue weighted by Gasteiger charge is 2.45. The summed E-state index contributed by atoms with van der Waals surface area (Å²) < 4.78 is 34.0. The summed E-state index contributed by atoms with van der Waals surface area (Å²) in [6.07, 6.45) is 0.625. The lowest BCUT2D eigenvalue weighted by Crippen LogP contribution is -2.44. The molecule has 0 spiro atoms. The molecule has 0 radical (unpaired) electrons. The number of hydrogen-bond donors (Lipinski definition) is 2. The van der Waals surface area contributed by atoms with Crippen molar-refractivity contribution in [1.82, 2.24) is 15.8 Å². The lowest BCUT2D eigenvalue weighted by Gasteiger charge is -2.27. The molecule has 0 bridgehead atoms. The van der Waals surface area contributed by atoms with E-state index in [9.17, 15) is 18.9 Å². The lowest BCUT2D eigenvalue weighted by molar-refractivity contribution is -0.143. The molecule has 1 rings (SSSR count). The minimum Gasteiger partial charge on any atom is -0.461 e. The Hall–Kier alpha value is -1.94. The van der Waals surface area contributed by atoms with Crippen LogP contribution in [-0.2, 0) is 32.7 Å². The molecular formula is C18H32N3O8P. The summed E-state index contributed by atoms with van der Waals surface area (Å²) in [6, 6.07) is -0.914. The monoisotopic (exact) mass is 449 g/mol. The Bertz CT molecular complexity index is 669. The Morgan fingerprint density at radius 2 is 1.93 bits per heavy atom. The van der Waals surface area contributed by atoms with E-state index in [-0.39, 0.29) is 32.9 Å². The van der Waals surface area contributed by atoms with Crippen molar-refractivity contribution < 1.29 is 37.5 Å². The van der Waals surface area contributed by atoms with E-state index in [1.165, 1.54) is 11.1 Å². The molecule has 1 aliphatic heterocycles. The highest BCUT2D eigenvalue weighted by atomic mass is 31.2. The third kappa shape index (κ3) is 8.06. The van der Waals surface area contributed by atoms with Gasteiger partial charge in [-0.3, -0.25) is 19.6 Å². The maximum atomic E-state index is 13.2. The van der Waals surface area contributed by atoms with Crippen molar-refractivity contribution >= 4 is 25.6 Å². The van der Waals surface area contributed by atoms with Gasteiger partial charge >= 0.3 is 19.7 Å². The van der Waals surface area contributed by atoms with Crippen LogP contribution in [0.3, 0.4) is 0 Å². The van der Waals surface area contributed by atoms with Crippen LogP contribution >= 0.6 is 7.60 Å². The summed E-state index contributed by atoms with van der Waals surface area (Å²) >= 11 is 0. The molecule has 11 nitrogen and oxygen atoms in total. The van der Waals surface area contributed by atoms with E-state index in [0.29, 0.717) is 0 Å². The fourth-order valence-electron chi connectivity index (χ4n) is 2.59. The van der Waals surface area contributed by atoms with E-state index in [2.05, 4.69) is 17.3 Å². The normalized spacial score (nSPS) is 18.4. The first-order valence-electron chi connectivity index (χ1n) is 9.67. The van der Waals surface area contributed by atoms with Crippen LogP contribution in [0, 0.1) is 0 Å². The van der Waals surface area contributed by atoms with Crippen molar-refractivity contribution in [2.24, 2.45) is 0 Å². The first-order chi connectivity index (χ1) is 14.0. The highest BCUT2D eigenvalue weighted by Crippen LogP contribution is 2.53. The second-order valence-electron chi connectivity index (χ2n) is 7.39. The van der Waals surface area contributed by atoms with Crippen LogP contribution in [-0.4, -0.2) is 73.2 Å². The number of amides is 2. The minimum absolute atomic E-state index is 0.0154. The van der Waals surface area contributed by atoms with E-state index in [4.69, 9.17) is 18.5 Å². The largest absolute Gasteiger partial charge is 0.461 e. The van der Waals surface area contributed by atoms with Gasteiger partial charge in [0.15, 0.2) is 5.66 Å². The van der Waals surface area contributed by atoms with Crippen LogP contribution < -0.4 is 10.7 Å². The zero-order chi connectivity index (χ0) is 22.9. The van der Waals surface area contributed by atoms with Crippen molar-refractivity contribution in [2.75, 3.05) is 32.9 Å². The molecule has 1 heterocycles. The van der Waals surface area contributed by atoms with Crippen LogP contribution in [0.2, 0.25) is 0 Å². The van der Waals surface area contributed by atoms with Gasteiger partial charge in [-0.2, -0.15) is 0 Å². The first-order valence-corrected chi connectivity index (χ1v) is 11.3. The second-order valence-corrected chi connectivity index (χ2v) is 9.61. The standard InChI is InChI=1S/C18H32N3O8P/c1-7-10-26-16(23)14(30(25,27-8-2)28-9-3)12-21-11-13(15(22)20-21)19-17(24)29-18(4,5)6/h7,13-14H,1,8-12H2,2-6H3,(H,19,24)(H,20,22). The van der Waals surface area contributed by atoms with E-state index < -0.39 is 42.9 Å². The predicted molar refractivity (Wildman–Crippen MR) is 109 cm³/mol. The third-order valence-corrected chi connectivity index (χ3v) is 6.06. The molecule has 1 aliphatic rings. The molecular weight excluding hydrogens is 417 g/mol. The van der Waals surface area contributed by atoms with E-state index in [1.54, 1.807) is 34.6 Å². The van der Waals surface area contributed by atoms with Gasteiger partial charge in [-0.25, -0.2) is 9.80 Å². The first kappa shape index (κ1) is 26.1. The number of hydrogen-bond acceptors (Lipinski definition) is 9. The van der Waals surface area contributed by atoms with Crippen LogP contribution in [0.1, 0.15) is 34.6 Å². The number of nitrogens with zero attached hydrogens (tertiary/aromatic N) is 1. The number of esters is 1. The molecule has 172 valence electrons. The molecule has 1 fully saturated rings. The van der Waals surface area contributed by atoms with Gasteiger partial charge < -0.3 is 23.8 Å². The van der Waals surface area contributed by atoms with Gasteiger partial charge in [0.2, 0.25) is 0 Å². The van der Waals surface area contributed by atoms with Gasteiger partial charge in [0.05, 0.1) is 13.2 Å². The number of hydrazine groups is 1. The van der Waals surface area contributed by atoms with Gasteiger partial charge in [0.25, 0.3) is 5.91 Å². The summed E-state index contributed by atoms with van der Waals surface area (Å²) in [5, 5.41) is 3.82. The summed E-state index contributed by atoms with van der Waals surface area (Å²) in [5.41, 5.74) is 0.505. The van der Waals surface area contributed by atoms with Crippen LogP contribution in [0.4, 0.5) is 4.79 Å². The average molecular weight is 449 g/mol. The molecule has 0 aromatic carbocycles. The van der Waals surface area contributed by atoms with E-state index >= 15 is 0 Å². The Labute approximate surface area is 176 Å². The third-order valence-electron chi connectivity index (χ3n) is 3.69. The fourth-order valence-corrected chi connectivity index (χ4v) is 4.47. The fraction of sp³-hybridized carbons (Fsp3) is 0.722. The van der Waals surface area contributed by atoms with Gasteiger partial charge in [0, 0.05) is 13.1 Å². The highest BCUT2D eigenvalue weighted by molar-refractivity contribution is 7.55. The van der Waals surface area contributed by atoms with Gasteiger partial charge in [-0.1, -0.05) is 12.7 Å². The molecule has 0 aliphatic carbocycles. The molecule has 12 heteroatoms. The topological polar surface area (TPSA) is 132 Å².